The quantitative estimate of drug-likeness (QED) is 0.798. The molecule has 0 bridgehead atoms. The molecule has 3 N–H and O–H groups in total. The minimum atomic E-state index is -0.397. The predicted molar refractivity (Wildman–Crippen MR) is 70.4 cm³/mol. The number of nitrogens with one attached hydrogen (secondary N) is 1. The molecule has 4 heteroatoms. The molecule has 0 spiro atoms. The Labute approximate surface area is 107 Å². The molecular formula is C14H18N2O2. The SMILES string of the molecule is CC(=O)c1cccc(NC(=O)C2(CN)CCC2)c1. The number of nitrogens with two attached hydrogens (primary N) is 1. The van der Waals surface area contributed by atoms with Gasteiger partial charge in [0.05, 0.1) is 5.41 Å². The van der Waals surface area contributed by atoms with Gasteiger partial charge in [-0.1, -0.05) is 18.6 Å². The Balaban J connectivity index is 2.12. The van der Waals surface area contributed by atoms with E-state index >= 15 is 0 Å². The van der Waals surface area contributed by atoms with Gasteiger partial charge in [0.15, 0.2) is 5.78 Å². The van der Waals surface area contributed by atoms with Gasteiger partial charge >= 0.3 is 0 Å². The Morgan fingerprint density at radius 2 is 2.11 bits per heavy atom. The lowest BCUT2D eigenvalue weighted by Gasteiger charge is -2.39. The fourth-order valence-corrected chi connectivity index (χ4v) is 2.21. The zero-order valence-electron chi connectivity index (χ0n) is 10.5. The molecule has 1 aliphatic rings. The van der Waals surface area contributed by atoms with Crippen LogP contribution in [0.25, 0.3) is 0 Å². The lowest BCUT2D eigenvalue weighted by Crippen LogP contribution is -2.47. The highest BCUT2D eigenvalue weighted by atomic mass is 16.2. The fraction of sp³-hybridized carbons (Fsp3) is 0.429. The maximum atomic E-state index is 12.2. The molecule has 1 aliphatic carbocycles. The summed E-state index contributed by atoms with van der Waals surface area (Å²) in [6, 6.07) is 6.98. The summed E-state index contributed by atoms with van der Waals surface area (Å²) in [4.78, 5) is 23.4. The first-order valence-electron chi connectivity index (χ1n) is 6.20. The van der Waals surface area contributed by atoms with E-state index in [0.717, 1.165) is 19.3 Å². The van der Waals surface area contributed by atoms with E-state index in [1.54, 1.807) is 24.3 Å². The Kier molecular flexibility index (Phi) is 3.48. The second kappa shape index (κ2) is 4.90. The maximum Gasteiger partial charge on any atom is 0.231 e. The molecule has 18 heavy (non-hydrogen) atoms. The largest absolute Gasteiger partial charge is 0.329 e. The van der Waals surface area contributed by atoms with Gasteiger partial charge in [0.2, 0.25) is 5.91 Å². The minimum absolute atomic E-state index is 0.0109. The third kappa shape index (κ3) is 2.29. The first kappa shape index (κ1) is 12.8. The van der Waals surface area contributed by atoms with E-state index in [1.165, 1.54) is 6.92 Å². The van der Waals surface area contributed by atoms with Crippen molar-refractivity contribution >= 4 is 17.4 Å². The van der Waals surface area contributed by atoms with Crippen molar-refractivity contribution in [3.05, 3.63) is 29.8 Å². The van der Waals surface area contributed by atoms with Crippen molar-refractivity contribution in [1.82, 2.24) is 0 Å². The predicted octanol–water partition coefficient (Wildman–Crippen LogP) is 1.96. The third-order valence-corrected chi connectivity index (χ3v) is 3.71. The molecule has 1 amide bonds. The molecule has 0 atom stereocenters. The summed E-state index contributed by atoms with van der Waals surface area (Å²) >= 11 is 0. The highest BCUT2D eigenvalue weighted by Gasteiger charge is 2.42. The molecule has 1 saturated carbocycles. The normalized spacial score (nSPS) is 16.8. The molecule has 0 heterocycles. The number of amides is 1. The van der Waals surface area contributed by atoms with E-state index in [0.29, 0.717) is 17.8 Å². The Morgan fingerprint density at radius 1 is 1.39 bits per heavy atom. The summed E-state index contributed by atoms with van der Waals surface area (Å²) in [6.07, 6.45) is 2.75. The molecule has 4 nitrogen and oxygen atoms in total. The number of carbonyl (C=O) groups excluding carboxylic acids is 2. The van der Waals surface area contributed by atoms with E-state index < -0.39 is 5.41 Å². The van der Waals surface area contributed by atoms with Gasteiger partial charge in [-0.05, 0) is 31.9 Å². The number of rotatable bonds is 4. The smallest absolute Gasteiger partial charge is 0.231 e. The molecule has 0 unspecified atom stereocenters. The van der Waals surface area contributed by atoms with Gasteiger partial charge in [0.1, 0.15) is 0 Å². The van der Waals surface area contributed by atoms with Crippen molar-refractivity contribution in [2.45, 2.75) is 26.2 Å². The summed E-state index contributed by atoms with van der Waals surface area (Å²) in [5.74, 6) is -0.0415. The number of carbonyl (C=O) groups is 2. The lowest BCUT2D eigenvalue weighted by atomic mass is 9.68. The van der Waals surface area contributed by atoms with Crippen molar-refractivity contribution in [3.8, 4) is 0 Å². The van der Waals surface area contributed by atoms with Crippen LogP contribution in [0.5, 0.6) is 0 Å². The van der Waals surface area contributed by atoms with Crippen LogP contribution in [0.15, 0.2) is 24.3 Å². The number of hydrogen-bond donors (Lipinski definition) is 2. The standard InChI is InChI=1S/C14H18N2O2/c1-10(17)11-4-2-5-12(8-11)16-13(18)14(9-15)6-3-7-14/h2,4-5,8H,3,6-7,9,15H2,1H3,(H,16,18). The molecule has 96 valence electrons. The van der Waals surface area contributed by atoms with Crippen molar-refractivity contribution in [2.24, 2.45) is 11.1 Å². The summed E-state index contributed by atoms with van der Waals surface area (Å²) in [7, 11) is 0. The van der Waals surface area contributed by atoms with Crippen LogP contribution in [0.2, 0.25) is 0 Å². The summed E-state index contributed by atoms with van der Waals surface area (Å²) < 4.78 is 0. The van der Waals surface area contributed by atoms with Crippen LogP contribution in [-0.4, -0.2) is 18.2 Å². The summed E-state index contributed by atoms with van der Waals surface area (Å²) in [5, 5.41) is 2.86. The number of Topliss-reactive ketones (excluding diaryl/α,β-unsaturated/α-hetero) is 1. The molecule has 0 aliphatic heterocycles. The van der Waals surface area contributed by atoms with Crippen molar-refractivity contribution in [1.29, 1.82) is 0 Å². The molecule has 1 fully saturated rings. The summed E-state index contributed by atoms with van der Waals surface area (Å²) in [6.45, 7) is 1.89. The zero-order chi connectivity index (χ0) is 13.2. The van der Waals surface area contributed by atoms with E-state index in [4.69, 9.17) is 5.73 Å². The average Bonchev–Trinajstić information content (AvgIpc) is 2.28. The van der Waals surface area contributed by atoms with Gasteiger partial charge < -0.3 is 11.1 Å². The number of anilines is 1. The first-order chi connectivity index (χ1) is 8.57. The van der Waals surface area contributed by atoms with Crippen molar-refractivity contribution in [2.75, 3.05) is 11.9 Å². The van der Waals surface area contributed by atoms with E-state index in [1.807, 2.05) is 0 Å². The second-order valence-corrected chi connectivity index (χ2v) is 4.93. The van der Waals surface area contributed by atoms with E-state index in [9.17, 15) is 9.59 Å². The van der Waals surface area contributed by atoms with Crippen LogP contribution in [0.3, 0.4) is 0 Å². The van der Waals surface area contributed by atoms with Gasteiger partial charge in [-0.15, -0.1) is 0 Å². The molecule has 0 saturated heterocycles. The maximum absolute atomic E-state index is 12.2. The fourth-order valence-electron chi connectivity index (χ4n) is 2.21. The van der Waals surface area contributed by atoms with E-state index in [2.05, 4.69) is 5.32 Å². The first-order valence-corrected chi connectivity index (χ1v) is 6.20. The van der Waals surface area contributed by atoms with Crippen LogP contribution < -0.4 is 11.1 Å². The Morgan fingerprint density at radius 3 is 2.61 bits per heavy atom. The number of ketones is 1. The van der Waals surface area contributed by atoms with E-state index in [-0.39, 0.29) is 11.7 Å². The Hall–Kier alpha value is -1.68. The van der Waals surface area contributed by atoms with Gasteiger partial charge in [0.25, 0.3) is 0 Å². The number of hydrogen-bond acceptors (Lipinski definition) is 3. The summed E-state index contributed by atoms with van der Waals surface area (Å²) in [5.41, 5.74) is 6.55. The van der Waals surface area contributed by atoms with Gasteiger partial charge in [-0.3, -0.25) is 9.59 Å². The minimum Gasteiger partial charge on any atom is -0.329 e. The third-order valence-electron chi connectivity index (χ3n) is 3.71. The van der Waals surface area contributed by atoms with Crippen molar-refractivity contribution in [3.63, 3.8) is 0 Å². The highest BCUT2D eigenvalue weighted by Crippen LogP contribution is 2.40. The van der Waals surface area contributed by atoms with Crippen LogP contribution >= 0.6 is 0 Å². The molecule has 1 aromatic rings. The molecular weight excluding hydrogens is 228 g/mol. The zero-order valence-corrected chi connectivity index (χ0v) is 10.5. The van der Waals surface area contributed by atoms with Crippen LogP contribution in [0, 0.1) is 5.41 Å². The topological polar surface area (TPSA) is 72.2 Å². The second-order valence-electron chi connectivity index (χ2n) is 4.93. The van der Waals surface area contributed by atoms with Crippen molar-refractivity contribution < 1.29 is 9.59 Å². The Bertz CT molecular complexity index is 473. The molecule has 0 aromatic heterocycles. The van der Waals surface area contributed by atoms with Gasteiger partial charge in [0, 0.05) is 17.8 Å². The molecule has 0 radical (unpaired) electrons. The highest BCUT2D eigenvalue weighted by molar-refractivity contribution is 5.99. The van der Waals surface area contributed by atoms with Crippen LogP contribution in [-0.2, 0) is 4.79 Å². The number of benzene rings is 1. The molecule has 1 aromatic carbocycles. The van der Waals surface area contributed by atoms with Gasteiger partial charge in [-0.25, -0.2) is 0 Å². The lowest BCUT2D eigenvalue weighted by molar-refractivity contribution is -0.129. The average molecular weight is 246 g/mol. The monoisotopic (exact) mass is 246 g/mol. The van der Waals surface area contributed by atoms with Crippen LogP contribution in [0.4, 0.5) is 5.69 Å². The van der Waals surface area contributed by atoms with Gasteiger partial charge in [-0.2, -0.15) is 0 Å². The van der Waals surface area contributed by atoms with Crippen LogP contribution in [0.1, 0.15) is 36.5 Å². The molecule has 2 rings (SSSR count).